The van der Waals surface area contributed by atoms with Crippen molar-refractivity contribution in [1.82, 2.24) is 9.97 Å². The Morgan fingerprint density at radius 3 is 2.50 bits per heavy atom. The fourth-order valence-corrected chi connectivity index (χ4v) is 1.85. The first-order chi connectivity index (χ1) is 8.63. The van der Waals surface area contributed by atoms with E-state index in [0.717, 1.165) is 11.3 Å². The Morgan fingerprint density at radius 1 is 1.17 bits per heavy atom. The number of nitrogens with zero attached hydrogens (tertiary/aromatic N) is 1. The highest BCUT2D eigenvalue weighted by atomic mass is 32.1. The van der Waals surface area contributed by atoms with Gasteiger partial charge in [-0.25, -0.2) is 4.98 Å². The van der Waals surface area contributed by atoms with Crippen LogP contribution in [0.5, 0.6) is 11.5 Å². The Bertz CT molecular complexity index is 625. The summed E-state index contributed by atoms with van der Waals surface area (Å²) in [5, 5.41) is 0. The summed E-state index contributed by atoms with van der Waals surface area (Å²) in [5.41, 5.74) is 7.32. The lowest BCUT2D eigenvalue weighted by Gasteiger charge is -2.10. The van der Waals surface area contributed by atoms with E-state index in [1.165, 1.54) is 0 Å². The van der Waals surface area contributed by atoms with Crippen LogP contribution in [0.25, 0.3) is 11.3 Å². The van der Waals surface area contributed by atoms with Gasteiger partial charge in [-0.05, 0) is 24.3 Å². The molecule has 0 spiro atoms. The minimum absolute atomic E-state index is 0.285. The smallest absolute Gasteiger partial charge is 0.199 e. The second kappa shape index (κ2) is 5.05. The Labute approximate surface area is 110 Å². The molecule has 0 atom stereocenters. The third-order valence-electron chi connectivity index (χ3n) is 2.46. The molecule has 1 aromatic heterocycles. The van der Waals surface area contributed by atoms with Gasteiger partial charge in [0.2, 0.25) is 0 Å². The summed E-state index contributed by atoms with van der Waals surface area (Å²) >= 11 is 5.03. The highest BCUT2D eigenvalue weighted by Crippen LogP contribution is 2.31. The molecule has 0 saturated carbocycles. The van der Waals surface area contributed by atoms with Gasteiger partial charge in [-0.2, -0.15) is 0 Å². The summed E-state index contributed by atoms with van der Waals surface area (Å²) < 4.78 is 10.9. The molecule has 3 N–H and O–H groups in total. The van der Waals surface area contributed by atoms with E-state index in [9.17, 15) is 0 Å². The van der Waals surface area contributed by atoms with Gasteiger partial charge in [0, 0.05) is 5.56 Å². The zero-order chi connectivity index (χ0) is 13.1. The van der Waals surface area contributed by atoms with Crippen LogP contribution < -0.4 is 15.2 Å². The van der Waals surface area contributed by atoms with E-state index < -0.39 is 0 Å². The van der Waals surface area contributed by atoms with E-state index >= 15 is 0 Å². The maximum Gasteiger partial charge on any atom is 0.199 e. The maximum absolute atomic E-state index is 5.63. The predicted octanol–water partition coefficient (Wildman–Crippen LogP) is 2.41. The summed E-state index contributed by atoms with van der Waals surface area (Å²) in [6.07, 6.45) is 0. The SMILES string of the molecule is COc1ccc(-c2cc(=S)nc(N)[nH]2)cc1OC. The molecule has 6 heteroatoms. The van der Waals surface area contributed by atoms with E-state index in [1.807, 2.05) is 18.2 Å². The van der Waals surface area contributed by atoms with Gasteiger partial charge < -0.3 is 20.2 Å². The number of hydrogen-bond acceptors (Lipinski definition) is 5. The molecule has 0 saturated heterocycles. The van der Waals surface area contributed by atoms with Crippen molar-refractivity contribution in [2.75, 3.05) is 20.0 Å². The van der Waals surface area contributed by atoms with Crippen LogP contribution in [0.15, 0.2) is 24.3 Å². The number of H-pyrrole nitrogens is 1. The fraction of sp³-hybridized carbons (Fsp3) is 0.167. The van der Waals surface area contributed by atoms with Gasteiger partial charge in [-0.1, -0.05) is 12.2 Å². The highest BCUT2D eigenvalue weighted by molar-refractivity contribution is 7.71. The Balaban J connectivity index is 2.54. The Kier molecular flexibility index (Phi) is 3.47. The largest absolute Gasteiger partial charge is 0.493 e. The Morgan fingerprint density at radius 2 is 1.89 bits per heavy atom. The number of benzene rings is 1. The molecule has 0 aliphatic heterocycles. The molecule has 0 bridgehead atoms. The predicted molar refractivity (Wildman–Crippen MR) is 72.4 cm³/mol. The first kappa shape index (κ1) is 12.4. The number of hydrogen-bond donors (Lipinski definition) is 2. The molecule has 18 heavy (non-hydrogen) atoms. The normalized spacial score (nSPS) is 10.1. The molecule has 2 rings (SSSR count). The van der Waals surface area contributed by atoms with E-state index in [2.05, 4.69) is 9.97 Å². The number of methoxy groups -OCH3 is 2. The van der Waals surface area contributed by atoms with Gasteiger partial charge >= 0.3 is 0 Å². The van der Waals surface area contributed by atoms with Crippen molar-refractivity contribution >= 4 is 18.2 Å². The highest BCUT2D eigenvalue weighted by Gasteiger charge is 2.07. The lowest BCUT2D eigenvalue weighted by Crippen LogP contribution is -1.97. The van der Waals surface area contributed by atoms with Crippen LogP contribution in [-0.4, -0.2) is 24.2 Å². The number of aromatic amines is 1. The number of nitrogens with one attached hydrogen (secondary N) is 1. The van der Waals surface area contributed by atoms with Crippen LogP contribution in [0.2, 0.25) is 0 Å². The average Bonchev–Trinajstić information content (AvgIpc) is 2.36. The monoisotopic (exact) mass is 263 g/mol. The van der Waals surface area contributed by atoms with Crippen LogP contribution in [0.4, 0.5) is 5.95 Å². The van der Waals surface area contributed by atoms with E-state index in [1.54, 1.807) is 20.3 Å². The van der Waals surface area contributed by atoms with Crippen molar-refractivity contribution < 1.29 is 9.47 Å². The number of nitrogens with two attached hydrogens (primary N) is 1. The third kappa shape index (κ3) is 2.43. The van der Waals surface area contributed by atoms with E-state index in [0.29, 0.717) is 16.1 Å². The van der Waals surface area contributed by atoms with Gasteiger partial charge in [0.15, 0.2) is 17.4 Å². The van der Waals surface area contributed by atoms with Crippen molar-refractivity contribution in [2.45, 2.75) is 0 Å². The fourth-order valence-electron chi connectivity index (χ4n) is 1.64. The van der Waals surface area contributed by atoms with Crippen LogP contribution in [0.1, 0.15) is 0 Å². The van der Waals surface area contributed by atoms with Crippen molar-refractivity contribution in [1.29, 1.82) is 0 Å². The molecule has 0 aliphatic carbocycles. The van der Waals surface area contributed by atoms with Crippen LogP contribution >= 0.6 is 12.2 Å². The third-order valence-corrected chi connectivity index (χ3v) is 2.66. The Hall–Kier alpha value is -2.08. The number of rotatable bonds is 3. The molecule has 0 fully saturated rings. The first-order valence-corrected chi connectivity index (χ1v) is 5.64. The zero-order valence-corrected chi connectivity index (χ0v) is 10.9. The van der Waals surface area contributed by atoms with Gasteiger partial charge in [0.1, 0.15) is 4.64 Å². The molecule has 1 aromatic carbocycles. The first-order valence-electron chi connectivity index (χ1n) is 5.23. The van der Waals surface area contributed by atoms with E-state index in [-0.39, 0.29) is 5.95 Å². The molecule has 1 heterocycles. The number of anilines is 1. The van der Waals surface area contributed by atoms with Crippen molar-refractivity contribution in [3.8, 4) is 22.8 Å². The molecule has 0 aliphatic rings. The van der Waals surface area contributed by atoms with Gasteiger partial charge in [-0.15, -0.1) is 0 Å². The lowest BCUT2D eigenvalue weighted by molar-refractivity contribution is 0.355. The zero-order valence-electron chi connectivity index (χ0n) is 10.1. The molecule has 0 radical (unpaired) electrons. The minimum Gasteiger partial charge on any atom is -0.493 e. The number of ether oxygens (including phenoxy) is 2. The lowest BCUT2D eigenvalue weighted by atomic mass is 10.1. The summed E-state index contributed by atoms with van der Waals surface area (Å²) in [4.78, 5) is 6.87. The van der Waals surface area contributed by atoms with Crippen LogP contribution in [0, 0.1) is 4.64 Å². The molecule has 0 amide bonds. The average molecular weight is 263 g/mol. The van der Waals surface area contributed by atoms with E-state index in [4.69, 9.17) is 27.4 Å². The summed E-state index contributed by atoms with van der Waals surface area (Å²) in [6, 6.07) is 7.30. The number of aromatic nitrogens is 2. The summed E-state index contributed by atoms with van der Waals surface area (Å²) in [5.74, 6) is 1.60. The van der Waals surface area contributed by atoms with Crippen LogP contribution in [-0.2, 0) is 0 Å². The molecule has 5 nitrogen and oxygen atoms in total. The second-order valence-electron chi connectivity index (χ2n) is 3.59. The molecule has 94 valence electrons. The van der Waals surface area contributed by atoms with Crippen molar-refractivity contribution in [3.05, 3.63) is 28.9 Å². The standard InChI is InChI=1S/C12H13N3O2S/c1-16-9-4-3-7(5-10(9)17-2)8-6-11(18)15-12(13)14-8/h3-6H,1-2H3,(H3,13,14,15,18). The maximum atomic E-state index is 5.63. The quantitative estimate of drug-likeness (QED) is 0.832. The molecular weight excluding hydrogens is 250 g/mol. The van der Waals surface area contributed by atoms with Gasteiger partial charge in [0.05, 0.1) is 19.9 Å². The molecular formula is C12H13N3O2S. The van der Waals surface area contributed by atoms with Crippen molar-refractivity contribution in [3.63, 3.8) is 0 Å². The van der Waals surface area contributed by atoms with Gasteiger partial charge in [-0.3, -0.25) is 0 Å². The number of nitrogen functional groups attached to an aromatic ring is 1. The van der Waals surface area contributed by atoms with Gasteiger partial charge in [0.25, 0.3) is 0 Å². The van der Waals surface area contributed by atoms with Crippen LogP contribution in [0.3, 0.4) is 0 Å². The topological polar surface area (TPSA) is 73.2 Å². The second-order valence-corrected chi connectivity index (χ2v) is 4.01. The summed E-state index contributed by atoms with van der Waals surface area (Å²) in [6.45, 7) is 0. The molecule has 2 aromatic rings. The molecule has 0 unspecified atom stereocenters. The minimum atomic E-state index is 0.285. The van der Waals surface area contributed by atoms with Crippen molar-refractivity contribution in [2.24, 2.45) is 0 Å². The summed E-state index contributed by atoms with van der Waals surface area (Å²) in [7, 11) is 3.18.